The van der Waals surface area contributed by atoms with Crippen molar-refractivity contribution in [2.24, 2.45) is 0 Å². The number of nitrogens with one attached hydrogen (secondary N) is 2. The molecule has 0 aliphatic heterocycles. The van der Waals surface area contributed by atoms with Gasteiger partial charge in [0.1, 0.15) is 18.7 Å². The van der Waals surface area contributed by atoms with E-state index in [-0.39, 0.29) is 6.61 Å². The largest absolute Gasteiger partial charge is 0.480 e. The Morgan fingerprint density at radius 1 is 1.21 bits per heavy atom. The maximum absolute atomic E-state index is 12.0. The molecule has 7 nitrogen and oxygen atoms in total. The number of hydrogen-bond donors (Lipinski definition) is 3. The number of hydrogen-bond acceptors (Lipinski definition) is 5. The maximum Gasteiger partial charge on any atom is 0.408 e. The highest BCUT2D eigenvalue weighted by molar-refractivity contribution is 7.98. The molecule has 8 heteroatoms. The number of aliphatic carboxylic acids is 1. The first-order chi connectivity index (χ1) is 11.4. The van der Waals surface area contributed by atoms with Gasteiger partial charge in [0, 0.05) is 0 Å². The normalized spacial score (nSPS) is 12.8. The van der Waals surface area contributed by atoms with Crippen LogP contribution < -0.4 is 10.6 Å². The van der Waals surface area contributed by atoms with Gasteiger partial charge in [-0.05, 0) is 30.9 Å². The first kappa shape index (κ1) is 19.8. The molecule has 0 bridgehead atoms. The minimum absolute atomic E-state index is 0.0898. The molecule has 0 saturated carbocycles. The van der Waals surface area contributed by atoms with Crippen LogP contribution in [-0.4, -0.2) is 47.2 Å². The van der Waals surface area contributed by atoms with E-state index >= 15 is 0 Å². The molecule has 3 N–H and O–H groups in total. The molecule has 0 radical (unpaired) electrons. The molecule has 2 atom stereocenters. The van der Waals surface area contributed by atoms with Gasteiger partial charge in [0.15, 0.2) is 0 Å². The van der Waals surface area contributed by atoms with Crippen LogP contribution in [0.5, 0.6) is 0 Å². The van der Waals surface area contributed by atoms with E-state index < -0.39 is 30.1 Å². The van der Waals surface area contributed by atoms with Gasteiger partial charge in [-0.2, -0.15) is 11.8 Å². The van der Waals surface area contributed by atoms with E-state index in [9.17, 15) is 14.4 Å². The smallest absolute Gasteiger partial charge is 0.408 e. The zero-order chi connectivity index (χ0) is 17.9. The number of carboxylic acid groups (broad SMARTS) is 1. The molecule has 24 heavy (non-hydrogen) atoms. The van der Waals surface area contributed by atoms with Gasteiger partial charge in [-0.3, -0.25) is 4.79 Å². The fourth-order valence-corrected chi connectivity index (χ4v) is 2.27. The van der Waals surface area contributed by atoms with Crippen LogP contribution in [0, 0.1) is 0 Å². The molecule has 1 aromatic rings. The molecule has 0 aromatic heterocycles. The van der Waals surface area contributed by atoms with Crippen LogP contribution in [0.2, 0.25) is 0 Å². The van der Waals surface area contributed by atoms with Crippen molar-refractivity contribution in [3.63, 3.8) is 0 Å². The van der Waals surface area contributed by atoms with Crippen molar-refractivity contribution in [3.05, 3.63) is 35.9 Å². The van der Waals surface area contributed by atoms with Gasteiger partial charge in [-0.15, -0.1) is 0 Å². The Morgan fingerprint density at radius 3 is 2.46 bits per heavy atom. The van der Waals surface area contributed by atoms with Crippen molar-refractivity contribution in [2.75, 3.05) is 12.0 Å². The lowest BCUT2D eigenvalue weighted by molar-refractivity contribution is -0.142. The molecule has 0 spiro atoms. The molecule has 0 heterocycles. The van der Waals surface area contributed by atoms with Gasteiger partial charge in [0.2, 0.25) is 5.91 Å². The van der Waals surface area contributed by atoms with Crippen LogP contribution in [0.3, 0.4) is 0 Å². The summed E-state index contributed by atoms with van der Waals surface area (Å²) in [5, 5.41) is 13.9. The lowest BCUT2D eigenvalue weighted by atomic mass is 10.2. The van der Waals surface area contributed by atoms with E-state index in [4.69, 9.17) is 9.84 Å². The number of rotatable bonds is 9. The van der Waals surface area contributed by atoms with Crippen LogP contribution >= 0.6 is 11.8 Å². The molecule has 0 aliphatic carbocycles. The molecule has 1 aromatic carbocycles. The van der Waals surface area contributed by atoms with Crippen molar-refractivity contribution >= 4 is 29.7 Å². The highest BCUT2D eigenvalue weighted by Gasteiger charge is 2.23. The summed E-state index contributed by atoms with van der Waals surface area (Å²) in [6, 6.07) is 7.25. The summed E-state index contributed by atoms with van der Waals surface area (Å²) < 4.78 is 5.02. The zero-order valence-corrected chi connectivity index (χ0v) is 14.5. The van der Waals surface area contributed by atoms with Crippen LogP contribution in [0.1, 0.15) is 18.9 Å². The predicted octanol–water partition coefficient (Wildman–Crippen LogP) is 1.62. The van der Waals surface area contributed by atoms with E-state index in [1.807, 2.05) is 36.6 Å². The van der Waals surface area contributed by atoms with Gasteiger partial charge in [-0.1, -0.05) is 30.3 Å². The summed E-state index contributed by atoms with van der Waals surface area (Å²) in [5.74, 6) is -1.06. The van der Waals surface area contributed by atoms with Crippen LogP contribution in [-0.2, 0) is 20.9 Å². The summed E-state index contributed by atoms with van der Waals surface area (Å²) in [6.07, 6.45) is 1.43. The Morgan fingerprint density at radius 2 is 1.88 bits per heavy atom. The second kappa shape index (κ2) is 10.5. The van der Waals surface area contributed by atoms with Crippen molar-refractivity contribution in [3.8, 4) is 0 Å². The van der Waals surface area contributed by atoms with Gasteiger partial charge in [0.25, 0.3) is 0 Å². The maximum atomic E-state index is 12.0. The number of carbonyl (C=O) groups excluding carboxylic acids is 2. The number of alkyl carbamates (subject to hydrolysis) is 1. The number of benzene rings is 1. The average molecular weight is 354 g/mol. The molecule has 0 fully saturated rings. The SMILES string of the molecule is CSCC[C@H](NC(=O)[C@H](C)NC(=O)OCc1ccccc1)C(=O)O. The third-order valence-electron chi connectivity index (χ3n) is 3.17. The number of carboxylic acids is 1. The van der Waals surface area contributed by atoms with Crippen molar-refractivity contribution in [1.29, 1.82) is 0 Å². The van der Waals surface area contributed by atoms with E-state index in [1.165, 1.54) is 18.7 Å². The summed E-state index contributed by atoms with van der Waals surface area (Å²) in [4.78, 5) is 34.8. The lowest BCUT2D eigenvalue weighted by Crippen LogP contribution is -2.50. The summed E-state index contributed by atoms with van der Waals surface area (Å²) in [5.41, 5.74) is 0.827. The van der Waals surface area contributed by atoms with E-state index in [1.54, 1.807) is 0 Å². The van der Waals surface area contributed by atoms with E-state index in [0.29, 0.717) is 12.2 Å². The van der Waals surface area contributed by atoms with Gasteiger partial charge in [0.05, 0.1) is 0 Å². The monoisotopic (exact) mass is 354 g/mol. The summed E-state index contributed by atoms with van der Waals surface area (Å²) in [7, 11) is 0. The molecule has 0 saturated heterocycles. The quantitative estimate of drug-likeness (QED) is 0.622. The van der Waals surface area contributed by atoms with Gasteiger partial charge < -0.3 is 20.5 Å². The predicted molar refractivity (Wildman–Crippen MR) is 91.8 cm³/mol. The van der Waals surface area contributed by atoms with Crippen LogP contribution in [0.25, 0.3) is 0 Å². The van der Waals surface area contributed by atoms with Crippen LogP contribution in [0.4, 0.5) is 4.79 Å². The number of ether oxygens (including phenoxy) is 1. The fourth-order valence-electron chi connectivity index (χ4n) is 1.80. The third-order valence-corrected chi connectivity index (χ3v) is 3.81. The first-order valence-electron chi connectivity index (χ1n) is 7.43. The molecule has 0 aliphatic rings. The molecular formula is C16H22N2O5S. The minimum Gasteiger partial charge on any atom is -0.480 e. The number of amides is 2. The Hall–Kier alpha value is -2.22. The van der Waals surface area contributed by atoms with E-state index in [2.05, 4.69) is 10.6 Å². The topological polar surface area (TPSA) is 105 Å². The lowest BCUT2D eigenvalue weighted by Gasteiger charge is -2.18. The van der Waals surface area contributed by atoms with Crippen LogP contribution in [0.15, 0.2) is 30.3 Å². The minimum atomic E-state index is -1.10. The van der Waals surface area contributed by atoms with Gasteiger partial charge >= 0.3 is 12.1 Å². The number of carbonyl (C=O) groups is 3. The Kier molecular flexibility index (Phi) is 8.70. The summed E-state index contributed by atoms with van der Waals surface area (Å²) in [6.45, 7) is 1.55. The highest BCUT2D eigenvalue weighted by atomic mass is 32.2. The molecule has 0 unspecified atom stereocenters. The molecule has 1 rings (SSSR count). The Balaban J connectivity index is 2.41. The molecule has 2 amide bonds. The zero-order valence-electron chi connectivity index (χ0n) is 13.7. The standard InChI is InChI=1S/C16H22N2O5S/c1-11(14(19)18-13(15(20)21)8-9-24-2)17-16(22)23-10-12-6-4-3-5-7-12/h3-7,11,13H,8-10H2,1-2H3,(H,17,22)(H,18,19)(H,20,21)/t11-,13-/m0/s1. The van der Waals surface area contributed by atoms with E-state index in [0.717, 1.165) is 5.56 Å². The second-order valence-electron chi connectivity index (χ2n) is 5.11. The fraction of sp³-hybridized carbons (Fsp3) is 0.438. The molecular weight excluding hydrogens is 332 g/mol. The number of thioether (sulfide) groups is 1. The Bertz CT molecular complexity index is 553. The molecule has 132 valence electrons. The Labute approximate surface area is 145 Å². The second-order valence-corrected chi connectivity index (χ2v) is 6.09. The third kappa shape index (κ3) is 7.36. The highest BCUT2D eigenvalue weighted by Crippen LogP contribution is 2.03. The summed E-state index contributed by atoms with van der Waals surface area (Å²) >= 11 is 1.49. The average Bonchev–Trinajstić information content (AvgIpc) is 2.57. The van der Waals surface area contributed by atoms with Crippen molar-refractivity contribution < 1.29 is 24.2 Å². The van der Waals surface area contributed by atoms with Gasteiger partial charge in [-0.25, -0.2) is 9.59 Å². The van der Waals surface area contributed by atoms with Crippen molar-refractivity contribution in [1.82, 2.24) is 10.6 Å². The van der Waals surface area contributed by atoms with Crippen molar-refractivity contribution in [2.45, 2.75) is 32.0 Å². The first-order valence-corrected chi connectivity index (χ1v) is 8.82.